The zero-order valence-corrected chi connectivity index (χ0v) is 13.1. The monoisotopic (exact) mass is 290 g/mol. The summed E-state index contributed by atoms with van der Waals surface area (Å²) in [7, 11) is 0. The fourth-order valence-electron chi connectivity index (χ4n) is 2.70. The van der Waals surface area contributed by atoms with Crippen LogP contribution in [0.5, 0.6) is 5.75 Å². The fourth-order valence-corrected chi connectivity index (χ4v) is 2.70. The van der Waals surface area contributed by atoms with Crippen molar-refractivity contribution in [2.24, 2.45) is 0 Å². The lowest BCUT2D eigenvalue weighted by atomic mass is 10.0. The molecule has 1 aliphatic heterocycles. The van der Waals surface area contributed by atoms with E-state index in [1.165, 1.54) is 0 Å². The Hall–Kier alpha value is -1.71. The number of fused-ring (bicyclic) bond motifs is 1. The van der Waals surface area contributed by atoms with Gasteiger partial charge in [0.25, 0.3) is 5.91 Å². The van der Waals surface area contributed by atoms with Crippen molar-refractivity contribution in [2.45, 2.75) is 52.0 Å². The van der Waals surface area contributed by atoms with E-state index in [4.69, 9.17) is 4.74 Å². The Bertz CT molecular complexity index is 474. The number of amides is 1. The van der Waals surface area contributed by atoms with E-state index in [0.717, 1.165) is 44.3 Å². The number of carbonyl (C=O) groups is 1. The van der Waals surface area contributed by atoms with Gasteiger partial charge < -0.3 is 15.4 Å². The summed E-state index contributed by atoms with van der Waals surface area (Å²) < 4.78 is 5.68. The van der Waals surface area contributed by atoms with E-state index in [1.54, 1.807) is 0 Å². The molecular weight excluding hydrogens is 264 g/mol. The maximum atomic E-state index is 12.5. The molecule has 2 rings (SSSR count). The number of ether oxygens (including phenoxy) is 1. The van der Waals surface area contributed by atoms with Crippen LogP contribution in [-0.2, 0) is 0 Å². The first-order valence-corrected chi connectivity index (χ1v) is 8.06. The Morgan fingerprint density at radius 1 is 1.33 bits per heavy atom. The van der Waals surface area contributed by atoms with Crippen molar-refractivity contribution >= 4 is 11.6 Å². The maximum Gasteiger partial charge on any atom is 0.255 e. The number of anilines is 1. The van der Waals surface area contributed by atoms with Gasteiger partial charge in [0.05, 0.1) is 11.3 Å². The van der Waals surface area contributed by atoms with Crippen molar-refractivity contribution in [3.05, 3.63) is 23.8 Å². The second kappa shape index (κ2) is 7.91. The quantitative estimate of drug-likeness (QED) is 0.807. The molecule has 1 amide bonds. The van der Waals surface area contributed by atoms with E-state index in [2.05, 4.69) is 24.5 Å². The van der Waals surface area contributed by atoms with Gasteiger partial charge in [-0.3, -0.25) is 4.79 Å². The summed E-state index contributed by atoms with van der Waals surface area (Å²) in [6.07, 6.45) is 5.46. The molecule has 116 valence electrons. The Morgan fingerprint density at radius 2 is 2.19 bits per heavy atom. The minimum absolute atomic E-state index is 0.0231. The second-order valence-electron chi connectivity index (χ2n) is 5.56. The summed E-state index contributed by atoms with van der Waals surface area (Å²) in [4.78, 5) is 12.5. The van der Waals surface area contributed by atoms with Crippen molar-refractivity contribution in [3.8, 4) is 5.75 Å². The third-order valence-corrected chi connectivity index (χ3v) is 3.80. The molecule has 0 aromatic heterocycles. The Balaban J connectivity index is 2.08. The molecule has 0 saturated carbocycles. The van der Waals surface area contributed by atoms with Gasteiger partial charge in [0, 0.05) is 12.6 Å². The van der Waals surface area contributed by atoms with E-state index in [0.29, 0.717) is 17.9 Å². The summed E-state index contributed by atoms with van der Waals surface area (Å²) in [5.41, 5.74) is 1.55. The molecule has 0 bridgehead atoms. The molecule has 1 unspecified atom stereocenters. The largest absolute Gasteiger partial charge is 0.489 e. The van der Waals surface area contributed by atoms with Gasteiger partial charge in [0.2, 0.25) is 0 Å². The molecule has 2 N–H and O–H groups in total. The molecule has 1 atom stereocenters. The van der Waals surface area contributed by atoms with Crippen LogP contribution in [0.15, 0.2) is 18.2 Å². The molecule has 1 aromatic carbocycles. The van der Waals surface area contributed by atoms with E-state index in [1.807, 2.05) is 18.2 Å². The van der Waals surface area contributed by atoms with Crippen LogP contribution in [0.4, 0.5) is 5.69 Å². The molecule has 0 radical (unpaired) electrons. The van der Waals surface area contributed by atoms with Gasteiger partial charge in [-0.05, 0) is 25.0 Å². The fraction of sp³-hybridized carbons (Fsp3) is 0.588. The maximum absolute atomic E-state index is 12.5. The Kier molecular flexibility index (Phi) is 5.90. The average Bonchev–Trinajstić information content (AvgIpc) is 2.52. The molecule has 4 heteroatoms. The zero-order valence-electron chi connectivity index (χ0n) is 13.1. The zero-order chi connectivity index (χ0) is 15.1. The molecule has 0 fully saturated rings. The van der Waals surface area contributed by atoms with E-state index >= 15 is 0 Å². The predicted molar refractivity (Wildman–Crippen MR) is 86.1 cm³/mol. The number of para-hydroxylation sites is 1. The number of unbranched alkanes of at least 4 members (excludes halogenated alkanes) is 1. The van der Waals surface area contributed by atoms with Crippen molar-refractivity contribution in [1.82, 2.24) is 5.32 Å². The van der Waals surface area contributed by atoms with Crippen LogP contribution in [0.2, 0.25) is 0 Å². The second-order valence-corrected chi connectivity index (χ2v) is 5.56. The van der Waals surface area contributed by atoms with Gasteiger partial charge in [-0.1, -0.05) is 39.2 Å². The van der Waals surface area contributed by atoms with Crippen molar-refractivity contribution in [3.63, 3.8) is 0 Å². The molecule has 1 aromatic rings. The van der Waals surface area contributed by atoms with Crippen LogP contribution in [0.25, 0.3) is 0 Å². The van der Waals surface area contributed by atoms with E-state index in [9.17, 15) is 4.79 Å². The number of hydrogen-bond acceptors (Lipinski definition) is 3. The summed E-state index contributed by atoms with van der Waals surface area (Å²) in [6, 6.07) is 5.95. The molecule has 0 saturated heterocycles. The lowest BCUT2D eigenvalue weighted by Crippen LogP contribution is -2.35. The summed E-state index contributed by atoms with van der Waals surface area (Å²) >= 11 is 0. The number of rotatable bonds is 7. The number of carbonyl (C=O) groups excluding carboxylic acids is 1. The van der Waals surface area contributed by atoms with Gasteiger partial charge in [-0.25, -0.2) is 0 Å². The highest BCUT2D eigenvalue weighted by molar-refractivity contribution is 5.99. The van der Waals surface area contributed by atoms with Crippen molar-refractivity contribution in [2.75, 3.05) is 18.5 Å². The normalized spacial score (nSPS) is 14.6. The van der Waals surface area contributed by atoms with Crippen molar-refractivity contribution < 1.29 is 9.53 Å². The first-order chi connectivity index (χ1) is 10.3. The van der Waals surface area contributed by atoms with Gasteiger partial charge in [0.15, 0.2) is 5.75 Å². The van der Waals surface area contributed by atoms with Crippen LogP contribution in [0.3, 0.4) is 0 Å². The molecule has 1 heterocycles. The molecule has 4 nitrogen and oxygen atoms in total. The lowest BCUT2D eigenvalue weighted by molar-refractivity contribution is 0.0928. The third-order valence-electron chi connectivity index (χ3n) is 3.80. The minimum atomic E-state index is -0.0231. The average molecular weight is 290 g/mol. The topological polar surface area (TPSA) is 50.4 Å². The van der Waals surface area contributed by atoms with Gasteiger partial charge in [0.1, 0.15) is 6.61 Å². The first-order valence-electron chi connectivity index (χ1n) is 8.06. The molecular formula is C17H26N2O2. The highest BCUT2D eigenvalue weighted by Crippen LogP contribution is 2.31. The highest BCUT2D eigenvalue weighted by atomic mass is 16.5. The number of hydrogen-bond donors (Lipinski definition) is 2. The number of benzene rings is 1. The van der Waals surface area contributed by atoms with Crippen molar-refractivity contribution in [1.29, 1.82) is 0 Å². The molecule has 0 spiro atoms. The summed E-state index contributed by atoms with van der Waals surface area (Å²) in [6.45, 7) is 5.72. The SMILES string of the molecule is CCCCC(CCC)NC(=O)c1cccc2c1OCCN2. The predicted octanol–water partition coefficient (Wildman–Crippen LogP) is 3.58. The van der Waals surface area contributed by atoms with E-state index in [-0.39, 0.29) is 11.9 Å². The van der Waals surface area contributed by atoms with Crippen LogP contribution < -0.4 is 15.4 Å². The van der Waals surface area contributed by atoms with Gasteiger partial charge in [-0.2, -0.15) is 0 Å². The third kappa shape index (κ3) is 4.13. The lowest BCUT2D eigenvalue weighted by Gasteiger charge is -2.23. The molecule has 0 aliphatic carbocycles. The van der Waals surface area contributed by atoms with E-state index < -0.39 is 0 Å². The smallest absolute Gasteiger partial charge is 0.255 e. The number of nitrogens with one attached hydrogen (secondary N) is 2. The van der Waals surface area contributed by atoms with Crippen LogP contribution >= 0.6 is 0 Å². The standard InChI is InChI=1S/C17H26N2O2/c1-3-5-8-13(7-4-2)19-17(20)14-9-6-10-15-16(14)21-12-11-18-15/h6,9-10,13,18H,3-5,7-8,11-12H2,1-2H3,(H,19,20). The summed E-state index contributed by atoms with van der Waals surface area (Å²) in [5, 5.41) is 6.44. The molecule has 21 heavy (non-hydrogen) atoms. The summed E-state index contributed by atoms with van der Waals surface area (Å²) in [5.74, 6) is 0.664. The molecule has 1 aliphatic rings. The minimum Gasteiger partial charge on any atom is -0.489 e. The van der Waals surface area contributed by atoms with Gasteiger partial charge >= 0.3 is 0 Å². The highest BCUT2D eigenvalue weighted by Gasteiger charge is 2.20. The first kappa shape index (κ1) is 15.7. The van der Waals surface area contributed by atoms with Gasteiger partial charge in [-0.15, -0.1) is 0 Å². The Labute approximate surface area is 127 Å². The van der Waals surface area contributed by atoms with Crippen LogP contribution in [-0.4, -0.2) is 25.1 Å². The van der Waals surface area contributed by atoms with Crippen LogP contribution in [0.1, 0.15) is 56.3 Å². The van der Waals surface area contributed by atoms with Crippen LogP contribution in [0, 0.1) is 0 Å². The Morgan fingerprint density at radius 3 is 2.95 bits per heavy atom.